The van der Waals surface area contributed by atoms with E-state index in [9.17, 15) is 19.7 Å². The Morgan fingerprint density at radius 1 is 1.21 bits per heavy atom. The molecule has 11 heteroatoms. The van der Waals surface area contributed by atoms with Crippen LogP contribution in [0.2, 0.25) is 5.02 Å². The van der Waals surface area contributed by atoms with Crippen molar-refractivity contribution >= 4 is 73.7 Å². The summed E-state index contributed by atoms with van der Waals surface area (Å²) in [4.78, 5) is 34.5. The minimum atomic E-state index is -0.637. The molecule has 8 nitrogen and oxygen atoms in total. The van der Waals surface area contributed by atoms with Gasteiger partial charge in [0, 0.05) is 28.7 Å². The number of nitrogens with zero attached hydrogens (tertiary/aromatic N) is 1. The average Bonchev–Trinajstić information content (AvgIpc) is 2.64. The first-order valence-corrected chi connectivity index (χ1v) is 9.95. The summed E-state index contributed by atoms with van der Waals surface area (Å²) in [6, 6.07) is 8.62. The Balaban J connectivity index is 2.11. The van der Waals surface area contributed by atoms with Crippen molar-refractivity contribution in [3.63, 3.8) is 0 Å². The number of nitro benzene ring substituents is 1. The molecule has 29 heavy (non-hydrogen) atoms. The Labute approximate surface area is 185 Å². The van der Waals surface area contributed by atoms with Gasteiger partial charge in [-0.1, -0.05) is 18.5 Å². The van der Waals surface area contributed by atoms with Gasteiger partial charge >= 0.3 is 0 Å². The third kappa shape index (κ3) is 6.48. The summed E-state index contributed by atoms with van der Waals surface area (Å²) in [5, 5.41) is 19.1. The second-order valence-corrected chi connectivity index (χ2v) is 7.49. The van der Waals surface area contributed by atoms with Gasteiger partial charge in [0.1, 0.15) is 0 Å². The van der Waals surface area contributed by atoms with E-state index in [1.807, 2.05) is 6.92 Å². The zero-order valence-electron chi connectivity index (χ0n) is 15.1. The van der Waals surface area contributed by atoms with Crippen LogP contribution in [0.25, 0.3) is 0 Å². The van der Waals surface area contributed by atoms with E-state index >= 15 is 0 Å². The minimum absolute atomic E-state index is 0.0510. The summed E-state index contributed by atoms with van der Waals surface area (Å²) in [5.74, 6) is -0.770. The van der Waals surface area contributed by atoms with Gasteiger partial charge in [-0.15, -0.1) is 0 Å². The van der Waals surface area contributed by atoms with Crippen LogP contribution in [-0.4, -0.2) is 21.9 Å². The monoisotopic (exact) mass is 498 g/mol. The van der Waals surface area contributed by atoms with Crippen molar-refractivity contribution in [1.29, 1.82) is 0 Å². The van der Waals surface area contributed by atoms with Crippen molar-refractivity contribution in [3.05, 3.63) is 61.6 Å². The maximum Gasteiger partial charge on any atom is 0.270 e. The van der Waals surface area contributed by atoms with E-state index < -0.39 is 10.8 Å². The molecule has 0 fully saturated rings. The van der Waals surface area contributed by atoms with Gasteiger partial charge in [0.15, 0.2) is 5.11 Å². The molecule has 0 radical (unpaired) electrons. The number of anilines is 2. The van der Waals surface area contributed by atoms with E-state index in [0.29, 0.717) is 33.7 Å². The lowest BCUT2D eigenvalue weighted by Crippen LogP contribution is -2.34. The van der Waals surface area contributed by atoms with Gasteiger partial charge < -0.3 is 10.6 Å². The number of hydrogen-bond donors (Lipinski definition) is 3. The number of benzene rings is 2. The van der Waals surface area contributed by atoms with E-state index in [4.69, 9.17) is 23.8 Å². The molecule has 2 amide bonds. The molecular formula is C18H16BrClN4O4S. The number of non-ortho nitro benzene ring substituents is 1. The fraction of sp³-hybridized carbons (Fsp3) is 0.167. The Bertz CT molecular complexity index is 986. The fourth-order valence-corrected chi connectivity index (χ4v) is 3.07. The van der Waals surface area contributed by atoms with Crippen molar-refractivity contribution in [2.24, 2.45) is 0 Å². The molecule has 0 saturated heterocycles. The summed E-state index contributed by atoms with van der Waals surface area (Å²) >= 11 is 14.5. The van der Waals surface area contributed by atoms with Gasteiger partial charge in [0.2, 0.25) is 5.91 Å². The maximum absolute atomic E-state index is 12.4. The van der Waals surface area contributed by atoms with Crippen molar-refractivity contribution in [2.75, 3.05) is 10.6 Å². The lowest BCUT2D eigenvalue weighted by molar-refractivity contribution is -0.384. The quantitative estimate of drug-likeness (QED) is 0.297. The van der Waals surface area contributed by atoms with Crippen LogP contribution in [0.5, 0.6) is 0 Å². The van der Waals surface area contributed by atoms with E-state index in [1.165, 1.54) is 12.1 Å². The van der Waals surface area contributed by atoms with Crippen LogP contribution in [-0.2, 0) is 4.79 Å². The molecule has 0 aliphatic rings. The molecule has 0 aromatic heterocycles. The third-order valence-corrected chi connectivity index (χ3v) is 4.83. The standard InChI is InChI=1S/C18H16BrClN4O4S/c1-2-3-16(25)21-10-4-7-14(20)15(8-10)22-18(29)23-17(26)12-9-11(24(27)28)5-6-13(12)19/h4-9H,2-3H2,1H3,(H,21,25)(H2,22,23,26,29). The summed E-state index contributed by atoms with van der Waals surface area (Å²) in [6.07, 6.45) is 1.10. The van der Waals surface area contributed by atoms with Gasteiger partial charge in [-0.3, -0.25) is 25.0 Å². The van der Waals surface area contributed by atoms with Crippen molar-refractivity contribution < 1.29 is 14.5 Å². The Hall–Kier alpha value is -2.56. The lowest BCUT2D eigenvalue weighted by Gasteiger charge is -2.13. The zero-order valence-corrected chi connectivity index (χ0v) is 18.3. The largest absolute Gasteiger partial charge is 0.331 e. The average molecular weight is 500 g/mol. The molecule has 0 unspecified atom stereocenters. The summed E-state index contributed by atoms with van der Waals surface area (Å²) in [7, 11) is 0. The van der Waals surface area contributed by atoms with Crippen LogP contribution < -0.4 is 16.0 Å². The number of hydrogen-bond acceptors (Lipinski definition) is 5. The molecular weight excluding hydrogens is 484 g/mol. The van der Waals surface area contributed by atoms with Gasteiger partial charge in [0.05, 0.1) is 21.2 Å². The number of carbonyl (C=O) groups is 2. The number of nitrogens with one attached hydrogen (secondary N) is 3. The molecule has 2 aromatic rings. The van der Waals surface area contributed by atoms with Gasteiger partial charge in [-0.2, -0.15) is 0 Å². The summed E-state index contributed by atoms with van der Waals surface area (Å²) in [6.45, 7) is 1.90. The molecule has 152 valence electrons. The molecule has 0 spiro atoms. The molecule has 2 rings (SSSR count). The predicted molar refractivity (Wildman–Crippen MR) is 119 cm³/mol. The highest BCUT2D eigenvalue weighted by molar-refractivity contribution is 9.10. The minimum Gasteiger partial charge on any atom is -0.331 e. The lowest BCUT2D eigenvalue weighted by atomic mass is 10.2. The molecule has 0 heterocycles. The highest BCUT2D eigenvalue weighted by atomic mass is 79.9. The molecule has 0 aliphatic carbocycles. The first kappa shape index (κ1) is 22.7. The topological polar surface area (TPSA) is 113 Å². The second-order valence-electron chi connectivity index (χ2n) is 5.82. The van der Waals surface area contributed by atoms with Crippen molar-refractivity contribution in [3.8, 4) is 0 Å². The normalized spacial score (nSPS) is 10.2. The van der Waals surface area contributed by atoms with E-state index in [-0.39, 0.29) is 22.3 Å². The van der Waals surface area contributed by atoms with Crippen LogP contribution in [0, 0.1) is 10.1 Å². The van der Waals surface area contributed by atoms with E-state index in [0.717, 1.165) is 6.07 Å². The molecule has 2 aromatic carbocycles. The highest BCUT2D eigenvalue weighted by Crippen LogP contribution is 2.26. The second kappa shape index (κ2) is 10.3. The Kier molecular flexibility index (Phi) is 8.06. The van der Waals surface area contributed by atoms with Crippen LogP contribution in [0.1, 0.15) is 30.1 Å². The zero-order chi connectivity index (χ0) is 21.6. The number of rotatable bonds is 6. The Morgan fingerprint density at radius 3 is 2.59 bits per heavy atom. The van der Waals surface area contributed by atoms with Gasteiger partial charge in [-0.05, 0) is 58.8 Å². The van der Waals surface area contributed by atoms with E-state index in [1.54, 1.807) is 18.2 Å². The van der Waals surface area contributed by atoms with Crippen LogP contribution >= 0.6 is 39.7 Å². The number of nitro groups is 1. The molecule has 0 aliphatic heterocycles. The van der Waals surface area contributed by atoms with Crippen LogP contribution in [0.15, 0.2) is 40.9 Å². The molecule has 0 saturated carbocycles. The highest BCUT2D eigenvalue weighted by Gasteiger charge is 2.17. The SMILES string of the molecule is CCCC(=O)Nc1ccc(Cl)c(NC(=S)NC(=O)c2cc([N+](=O)[O-])ccc2Br)c1. The van der Waals surface area contributed by atoms with Crippen molar-refractivity contribution in [1.82, 2.24) is 5.32 Å². The Morgan fingerprint density at radius 2 is 1.93 bits per heavy atom. The summed E-state index contributed by atoms with van der Waals surface area (Å²) < 4.78 is 0.377. The number of halogens is 2. The first-order chi connectivity index (χ1) is 13.7. The van der Waals surface area contributed by atoms with Gasteiger partial charge in [0.25, 0.3) is 11.6 Å². The van der Waals surface area contributed by atoms with Crippen molar-refractivity contribution in [2.45, 2.75) is 19.8 Å². The number of carbonyl (C=O) groups excluding carboxylic acids is 2. The predicted octanol–water partition coefficient (Wildman–Crippen LogP) is 4.88. The fourth-order valence-electron chi connectivity index (χ4n) is 2.27. The number of amides is 2. The molecule has 0 atom stereocenters. The third-order valence-electron chi connectivity index (χ3n) is 3.61. The molecule has 0 bridgehead atoms. The first-order valence-electron chi connectivity index (χ1n) is 8.37. The van der Waals surface area contributed by atoms with Gasteiger partial charge in [-0.25, -0.2) is 0 Å². The van der Waals surface area contributed by atoms with Crippen LogP contribution in [0.4, 0.5) is 17.1 Å². The van der Waals surface area contributed by atoms with Crippen LogP contribution in [0.3, 0.4) is 0 Å². The smallest absolute Gasteiger partial charge is 0.270 e. The molecule has 3 N–H and O–H groups in total. The number of thiocarbonyl (C=S) groups is 1. The van der Waals surface area contributed by atoms with E-state index in [2.05, 4.69) is 31.9 Å². The summed E-state index contributed by atoms with van der Waals surface area (Å²) in [5.41, 5.74) is 0.723. The maximum atomic E-state index is 12.4.